The van der Waals surface area contributed by atoms with Crippen molar-refractivity contribution in [3.8, 4) is 6.07 Å². The summed E-state index contributed by atoms with van der Waals surface area (Å²) in [6.07, 6.45) is 5.63. The van der Waals surface area contributed by atoms with E-state index in [9.17, 15) is 8.42 Å². The number of rotatable bonds is 6. The van der Waals surface area contributed by atoms with Crippen molar-refractivity contribution in [2.45, 2.75) is 44.6 Å². The summed E-state index contributed by atoms with van der Waals surface area (Å²) < 4.78 is 26.0. The predicted molar refractivity (Wildman–Crippen MR) is 61.0 cm³/mol. The van der Waals surface area contributed by atoms with Gasteiger partial charge in [0.05, 0.1) is 11.8 Å². The molecule has 2 rings (SSSR count). The highest BCUT2D eigenvalue weighted by molar-refractivity contribution is 7.89. The Kier molecular flexibility index (Phi) is 3.50. The zero-order valence-electron chi connectivity index (χ0n) is 9.35. The SMILES string of the molecule is N#CCCCS(=O)(=O)N[C@@H]1C[C@H]1C1CCC1. The number of hydrogen-bond donors (Lipinski definition) is 1. The minimum Gasteiger partial charge on any atom is -0.212 e. The molecule has 2 saturated carbocycles. The molecule has 0 spiro atoms. The van der Waals surface area contributed by atoms with Gasteiger partial charge >= 0.3 is 0 Å². The Morgan fingerprint density at radius 1 is 1.38 bits per heavy atom. The molecule has 0 aromatic carbocycles. The third-order valence-electron chi connectivity index (χ3n) is 3.63. The van der Waals surface area contributed by atoms with Gasteiger partial charge < -0.3 is 0 Å². The van der Waals surface area contributed by atoms with Gasteiger partial charge in [0.2, 0.25) is 10.0 Å². The van der Waals surface area contributed by atoms with Crippen molar-refractivity contribution in [2.75, 3.05) is 5.75 Å². The van der Waals surface area contributed by atoms with Crippen LogP contribution in [0.15, 0.2) is 0 Å². The van der Waals surface area contributed by atoms with Crippen molar-refractivity contribution in [1.82, 2.24) is 4.72 Å². The monoisotopic (exact) mass is 242 g/mol. The van der Waals surface area contributed by atoms with E-state index in [0.717, 1.165) is 12.3 Å². The van der Waals surface area contributed by atoms with Crippen LogP contribution in [0.1, 0.15) is 38.5 Å². The molecule has 0 heterocycles. The smallest absolute Gasteiger partial charge is 0.211 e. The molecule has 0 bridgehead atoms. The molecule has 0 aromatic heterocycles. The van der Waals surface area contributed by atoms with Gasteiger partial charge in [-0.25, -0.2) is 13.1 Å². The van der Waals surface area contributed by atoms with E-state index in [4.69, 9.17) is 5.26 Å². The fraction of sp³-hybridized carbons (Fsp3) is 0.909. The maximum absolute atomic E-state index is 11.6. The Morgan fingerprint density at radius 3 is 2.69 bits per heavy atom. The second-order valence-corrected chi connectivity index (χ2v) is 6.77. The molecule has 5 heteroatoms. The third kappa shape index (κ3) is 2.96. The molecule has 2 atom stereocenters. The van der Waals surface area contributed by atoms with E-state index in [1.807, 2.05) is 6.07 Å². The molecule has 0 saturated heterocycles. The highest BCUT2D eigenvalue weighted by atomic mass is 32.2. The molecule has 90 valence electrons. The Bertz CT molecular complexity index is 381. The standard InChI is InChI=1S/C11H18N2O2S/c12-6-1-2-7-16(14,15)13-11-8-10(11)9-4-3-5-9/h9-11,13H,1-5,7-8H2/t10-,11+/m0/s1. The summed E-state index contributed by atoms with van der Waals surface area (Å²) in [5.74, 6) is 1.46. The number of nitrogens with one attached hydrogen (secondary N) is 1. The van der Waals surface area contributed by atoms with E-state index in [0.29, 0.717) is 18.8 Å². The summed E-state index contributed by atoms with van der Waals surface area (Å²) in [5, 5.41) is 8.35. The number of nitriles is 1. The van der Waals surface area contributed by atoms with Gasteiger partial charge in [-0.05, 0) is 24.7 Å². The average Bonchev–Trinajstić information content (AvgIpc) is 2.80. The first-order valence-electron chi connectivity index (χ1n) is 5.99. The van der Waals surface area contributed by atoms with Gasteiger partial charge in [0, 0.05) is 12.5 Å². The third-order valence-corrected chi connectivity index (χ3v) is 5.12. The topological polar surface area (TPSA) is 70.0 Å². The summed E-state index contributed by atoms with van der Waals surface area (Å²) in [7, 11) is -3.14. The van der Waals surface area contributed by atoms with Gasteiger partial charge in [-0.2, -0.15) is 5.26 Å². The second-order valence-electron chi connectivity index (χ2n) is 4.90. The van der Waals surface area contributed by atoms with E-state index >= 15 is 0 Å². The minimum atomic E-state index is -3.14. The summed E-state index contributed by atoms with van der Waals surface area (Å²) in [4.78, 5) is 0. The summed E-state index contributed by atoms with van der Waals surface area (Å²) in [6, 6.07) is 2.15. The van der Waals surface area contributed by atoms with Crippen LogP contribution in [0.25, 0.3) is 0 Å². The van der Waals surface area contributed by atoms with E-state index in [2.05, 4.69) is 4.72 Å². The van der Waals surface area contributed by atoms with Gasteiger partial charge in [0.15, 0.2) is 0 Å². The van der Waals surface area contributed by atoms with E-state index in [1.165, 1.54) is 19.3 Å². The maximum Gasteiger partial charge on any atom is 0.211 e. The lowest BCUT2D eigenvalue weighted by molar-refractivity contribution is 0.272. The molecule has 2 fully saturated rings. The van der Waals surface area contributed by atoms with Crippen LogP contribution in [0, 0.1) is 23.2 Å². The number of unbranched alkanes of at least 4 members (excludes halogenated alkanes) is 1. The Labute approximate surface area is 97.1 Å². The molecule has 2 aliphatic carbocycles. The van der Waals surface area contributed by atoms with E-state index in [-0.39, 0.29) is 11.8 Å². The number of hydrogen-bond acceptors (Lipinski definition) is 3. The van der Waals surface area contributed by atoms with Crippen LogP contribution in [-0.4, -0.2) is 20.2 Å². The lowest BCUT2D eigenvalue weighted by atomic mass is 9.81. The van der Waals surface area contributed by atoms with Crippen molar-refractivity contribution in [3.05, 3.63) is 0 Å². The Hall–Kier alpha value is -0.600. The molecule has 0 radical (unpaired) electrons. The van der Waals surface area contributed by atoms with Crippen molar-refractivity contribution in [1.29, 1.82) is 5.26 Å². The van der Waals surface area contributed by atoms with Crippen LogP contribution in [0.5, 0.6) is 0 Å². The van der Waals surface area contributed by atoms with Crippen molar-refractivity contribution >= 4 is 10.0 Å². The molecule has 0 unspecified atom stereocenters. The largest absolute Gasteiger partial charge is 0.212 e. The zero-order chi connectivity index (χ0) is 11.6. The van der Waals surface area contributed by atoms with Gasteiger partial charge in [-0.15, -0.1) is 0 Å². The first-order chi connectivity index (χ1) is 7.62. The van der Waals surface area contributed by atoms with Crippen LogP contribution in [0.2, 0.25) is 0 Å². The first kappa shape index (κ1) is 11.9. The molecule has 0 aromatic rings. The molecular formula is C11H18N2O2S. The van der Waals surface area contributed by atoms with Crippen molar-refractivity contribution in [3.63, 3.8) is 0 Å². The van der Waals surface area contributed by atoms with Crippen molar-refractivity contribution in [2.24, 2.45) is 11.8 Å². The summed E-state index contributed by atoms with van der Waals surface area (Å²) in [6.45, 7) is 0. The Balaban J connectivity index is 1.71. The molecule has 0 amide bonds. The minimum absolute atomic E-state index is 0.0917. The van der Waals surface area contributed by atoms with Crippen LogP contribution >= 0.6 is 0 Å². The zero-order valence-corrected chi connectivity index (χ0v) is 10.2. The van der Waals surface area contributed by atoms with Crippen molar-refractivity contribution < 1.29 is 8.42 Å². The first-order valence-corrected chi connectivity index (χ1v) is 7.64. The molecular weight excluding hydrogens is 224 g/mol. The molecule has 0 aliphatic heterocycles. The number of nitrogens with zero attached hydrogens (tertiary/aromatic N) is 1. The van der Waals surface area contributed by atoms with Crippen LogP contribution in [0.3, 0.4) is 0 Å². The summed E-state index contributed by atoms with van der Waals surface area (Å²) in [5.41, 5.74) is 0. The molecule has 4 nitrogen and oxygen atoms in total. The molecule has 1 N–H and O–H groups in total. The second kappa shape index (κ2) is 4.72. The quantitative estimate of drug-likeness (QED) is 0.716. The Morgan fingerprint density at radius 2 is 2.12 bits per heavy atom. The predicted octanol–water partition coefficient (Wildman–Crippen LogP) is 1.40. The van der Waals surface area contributed by atoms with Gasteiger partial charge in [-0.3, -0.25) is 0 Å². The fourth-order valence-corrected chi connectivity index (χ4v) is 3.74. The van der Waals surface area contributed by atoms with Crippen LogP contribution < -0.4 is 4.72 Å². The van der Waals surface area contributed by atoms with Crippen LogP contribution in [-0.2, 0) is 10.0 Å². The molecule has 16 heavy (non-hydrogen) atoms. The average molecular weight is 242 g/mol. The summed E-state index contributed by atoms with van der Waals surface area (Å²) >= 11 is 0. The van der Waals surface area contributed by atoms with Gasteiger partial charge in [0.1, 0.15) is 0 Å². The molecule has 2 aliphatic rings. The lowest BCUT2D eigenvalue weighted by Gasteiger charge is -2.25. The van der Waals surface area contributed by atoms with Crippen LogP contribution in [0.4, 0.5) is 0 Å². The fourth-order valence-electron chi connectivity index (χ4n) is 2.37. The van der Waals surface area contributed by atoms with E-state index in [1.54, 1.807) is 0 Å². The highest BCUT2D eigenvalue weighted by Gasteiger charge is 2.46. The number of sulfonamides is 1. The van der Waals surface area contributed by atoms with Gasteiger partial charge in [0.25, 0.3) is 0 Å². The highest BCUT2D eigenvalue weighted by Crippen LogP contribution is 2.47. The maximum atomic E-state index is 11.6. The lowest BCUT2D eigenvalue weighted by Crippen LogP contribution is -2.31. The van der Waals surface area contributed by atoms with E-state index < -0.39 is 10.0 Å². The van der Waals surface area contributed by atoms with Gasteiger partial charge in [-0.1, -0.05) is 19.3 Å². The normalized spacial score (nSPS) is 29.4.